The van der Waals surface area contributed by atoms with Crippen LogP contribution >= 0.6 is 0 Å². The van der Waals surface area contributed by atoms with Gasteiger partial charge in [-0.2, -0.15) is 0 Å². The van der Waals surface area contributed by atoms with E-state index < -0.39 is 5.97 Å². The lowest BCUT2D eigenvalue weighted by atomic mass is 9.74. The van der Waals surface area contributed by atoms with Crippen molar-refractivity contribution in [2.75, 3.05) is 18.0 Å². The summed E-state index contributed by atoms with van der Waals surface area (Å²) in [5.74, 6) is 0.214. The molecule has 0 fully saturated rings. The van der Waals surface area contributed by atoms with Crippen molar-refractivity contribution in [1.29, 1.82) is 0 Å². The first-order valence-corrected chi connectivity index (χ1v) is 12.3. The summed E-state index contributed by atoms with van der Waals surface area (Å²) >= 11 is 0. The van der Waals surface area contributed by atoms with Crippen LogP contribution in [0.15, 0.2) is 70.5 Å². The Labute approximate surface area is 202 Å². The lowest BCUT2D eigenvalue weighted by Crippen LogP contribution is -2.24. The van der Waals surface area contributed by atoms with Gasteiger partial charge < -0.3 is 15.3 Å². The van der Waals surface area contributed by atoms with E-state index in [0.29, 0.717) is 0 Å². The molecule has 1 aliphatic carbocycles. The third-order valence-corrected chi connectivity index (χ3v) is 6.61. The number of benzene rings is 1. The standard InChI is InChI=1S/C29H34N2O3/c1-4-31(15-9-5-6-11-28(32)33)24-13-12-22-18-25-27(34-26(22)19-24)17-21(20-29(25,2)3)16-23-10-7-8-14-30-23/h7-8,10,12-14,16-19,30H,4-6,9,11,15,20H2,1-3H3/p+1/b23-16+. The van der Waals surface area contributed by atoms with Crippen molar-refractivity contribution in [2.45, 2.75) is 58.3 Å². The number of allylic oxidation sites excluding steroid dienone is 5. The van der Waals surface area contributed by atoms with Crippen LogP contribution in [0.5, 0.6) is 0 Å². The van der Waals surface area contributed by atoms with E-state index >= 15 is 0 Å². The fourth-order valence-electron chi connectivity index (χ4n) is 4.80. The van der Waals surface area contributed by atoms with Gasteiger partial charge in [-0.05, 0) is 68.2 Å². The Bertz CT molecular complexity index is 1190. The number of nitrogens with one attached hydrogen (secondary N) is 1. The number of aliphatic carboxylic acids is 1. The first-order chi connectivity index (χ1) is 16.4. The zero-order chi connectivity index (χ0) is 24.1. The molecule has 34 heavy (non-hydrogen) atoms. The normalized spacial score (nSPS) is 17.4. The van der Waals surface area contributed by atoms with Gasteiger partial charge in [0.25, 0.3) is 0 Å². The molecule has 0 unspecified atom stereocenters. The van der Waals surface area contributed by atoms with E-state index in [-0.39, 0.29) is 11.8 Å². The molecule has 1 aliphatic heterocycles. The number of rotatable bonds is 9. The number of hydrogen-bond acceptors (Lipinski definition) is 3. The third-order valence-electron chi connectivity index (χ3n) is 6.61. The van der Waals surface area contributed by atoms with E-state index in [0.717, 1.165) is 66.9 Å². The van der Waals surface area contributed by atoms with Gasteiger partial charge in [-0.25, -0.2) is 4.42 Å². The molecule has 0 saturated carbocycles. The van der Waals surface area contributed by atoms with E-state index in [2.05, 4.69) is 73.5 Å². The van der Waals surface area contributed by atoms with Crippen LogP contribution in [0.1, 0.15) is 64.2 Å². The number of carboxylic acids is 1. The van der Waals surface area contributed by atoms with Crippen molar-refractivity contribution in [3.63, 3.8) is 0 Å². The van der Waals surface area contributed by atoms with Crippen molar-refractivity contribution in [3.8, 4) is 0 Å². The predicted molar refractivity (Wildman–Crippen MR) is 140 cm³/mol. The summed E-state index contributed by atoms with van der Waals surface area (Å²) in [7, 11) is 0. The molecule has 1 aromatic heterocycles. The van der Waals surface area contributed by atoms with E-state index in [1.807, 2.05) is 18.4 Å². The van der Waals surface area contributed by atoms with Gasteiger partial charge in [0, 0.05) is 48.6 Å². The van der Waals surface area contributed by atoms with Gasteiger partial charge >= 0.3 is 17.3 Å². The Kier molecular flexibility index (Phi) is 7.20. The first kappa shape index (κ1) is 23.8. The Morgan fingerprint density at radius 3 is 2.79 bits per heavy atom. The van der Waals surface area contributed by atoms with E-state index in [4.69, 9.17) is 9.52 Å². The van der Waals surface area contributed by atoms with Gasteiger partial charge in [0.2, 0.25) is 0 Å². The minimum atomic E-state index is -0.716. The van der Waals surface area contributed by atoms with Crippen LogP contribution in [0.4, 0.5) is 5.69 Å². The van der Waals surface area contributed by atoms with Gasteiger partial charge in [-0.3, -0.25) is 4.79 Å². The molecule has 0 atom stereocenters. The van der Waals surface area contributed by atoms with Crippen molar-refractivity contribution in [1.82, 2.24) is 5.32 Å². The Balaban J connectivity index is 1.59. The molecule has 2 heterocycles. The van der Waals surface area contributed by atoms with Gasteiger partial charge in [-0.15, -0.1) is 0 Å². The molecule has 0 amide bonds. The molecular weight excluding hydrogens is 424 g/mol. The van der Waals surface area contributed by atoms with Crippen molar-refractivity contribution < 1.29 is 14.3 Å². The van der Waals surface area contributed by atoms with Crippen molar-refractivity contribution in [2.24, 2.45) is 0 Å². The SMILES string of the molecule is CCN(CCCCCC(=O)O)c1ccc2cc3c([o+]c2c1)C=C(/C=C1\C=CC=CN1)CC3(C)C. The molecule has 4 rings (SSSR count). The zero-order valence-corrected chi connectivity index (χ0v) is 20.4. The van der Waals surface area contributed by atoms with E-state index in [1.165, 1.54) is 11.1 Å². The van der Waals surface area contributed by atoms with Crippen LogP contribution in [-0.2, 0) is 10.2 Å². The average molecular weight is 460 g/mol. The van der Waals surface area contributed by atoms with Gasteiger partial charge in [0.1, 0.15) is 0 Å². The molecule has 5 nitrogen and oxygen atoms in total. The van der Waals surface area contributed by atoms with Crippen LogP contribution in [0, 0.1) is 0 Å². The number of hydrogen-bond donors (Lipinski definition) is 2. The molecule has 0 radical (unpaired) electrons. The number of carboxylic acid groups (broad SMARTS) is 1. The van der Waals surface area contributed by atoms with Crippen LogP contribution in [0.3, 0.4) is 0 Å². The summed E-state index contributed by atoms with van der Waals surface area (Å²) < 4.78 is 6.49. The Morgan fingerprint density at radius 2 is 2.06 bits per heavy atom. The highest BCUT2D eigenvalue weighted by Gasteiger charge is 2.35. The second-order valence-electron chi connectivity index (χ2n) is 9.77. The summed E-state index contributed by atoms with van der Waals surface area (Å²) in [4.78, 5) is 13.1. The van der Waals surface area contributed by atoms with Gasteiger partial charge in [0.05, 0.1) is 17.0 Å². The van der Waals surface area contributed by atoms with Gasteiger partial charge in [0.15, 0.2) is 0 Å². The highest BCUT2D eigenvalue weighted by Crippen LogP contribution is 2.41. The molecule has 1 aromatic carbocycles. The molecule has 2 N–H and O–H groups in total. The largest absolute Gasteiger partial charge is 0.481 e. The number of nitrogens with zero attached hydrogens (tertiary/aromatic N) is 1. The van der Waals surface area contributed by atoms with Crippen molar-refractivity contribution in [3.05, 3.63) is 77.4 Å². The maximum absolute atomic E-state index is 10.7. The Morgan fingerprint density at radius 1 is 1.21 bits per heavy atom. The number of carbonyl (C=O) groups is 1. The highest BCUT2D eigenvalue weighted by atomic mass is 16.4. The average Bonchev–Trinajstić information content (AvgIpc) is 2.80. The summed E-state index contributed by atoms with van der Waals surface area (Å²) in [6.45, 7) is 8.52. The third kappa shape index (κ3) is 5.58. The van der Waals surface area contributed by atoms with Crippen LogP contribution in [0.2, 0.25) is 0 Å². The smallest absolute Gasteiger partial charge is 0.362 e. The minimum Gasteiger partial charge on any atom is -0.481 e. The minimum absolute atomic E-state index is 0.0214. The van der Waals surface area contributed by atoms with Crippen LogP contribution in [-0.4, -0.2) is 24.2 Å². The summed E-state index contributed by atoms with van der Waals surface area (Å²) in [5.41, 5.74) is 5.58. The maximum Gasteiger partial charge on any atom is 0.362 e. The molecule has 5 heteroatoms. The number of dihydropyridines is 1. The molecule has 0 bridgehead atoms. The van der Waals surface area contributed by atoms with E-state index in [1.54, 1.807) is 0 Å². The summed E-state index contributed by atoms with van der Waals surface area (Å²) in [5, 5.41) is 13.2. The molecule has 2 aromatic rings. The Hall–Kier alpha value is -3.34. The second kappa shape index (κ2) is 10.3. The number of unbranched alkanes of at least 4 members (excludes halogenated alkanes) is 2. The van der Waals surface area contributed by atoms with Gasteiger partial charge in [-0.1, -0.05) is 26.3 Å². The highest BCUT2D eigenvalue weighted by molar-refractivity contribution is 5.83. The fourth-order valence-corrected chi connectivity index (χ4v) is 4.80. The lowest BCUT2D eigenvalue weighted by Gasteiger charge is -2.28. The van der Waals surface area contributed by atoms with E-state index in [9.17, 15) is 4.79 Å². The van der Waals surface area contributed by atoms with Crippen LogP contribution in [0.25, 0.3) is 17.0 Å². The molecule has 2 aliphatic rings. The zero-order valence-electron chi connectivity index (χ0n) is 20.4. The quantitative estimate of drug-likeness (QED) is 0.319. The molecule has 0 saturated heterocycles. The number of fused-ring (bicyclic) bond motifs is 2. The molecular formula is C29H35N2O3+. The summed E-state index contributed by atoms with van der Waals surface area (Å²) in [6.07, 6.45) is 16.3. The summed E-state index contributed by atoms with van der Waals surface area (Å²) in [6, 6.07) is 8.74. The second-order valence-corrected chi connectivity index (χ2v) is 9.77. The predicted octanol–water partition coefficient (Wildman–Crippen LogP) is 6.81. The fraction of sp³-hybridized carbons (Fsp3) is 0.379. The molecule has 0 spiro atoms. The number of anilines is 1. The van der Waals surface area contributed by atoms with Crippen molar-refractivity contribution >= 4 is 28.7 Å². The monoisotopic (exact) mass is 459 g/mol. The first-order valence-electron chi connectivity index (χ1n) is 12.3. The maximum atomic E-state index is 10.7. The topological polar surface area (TPSA) is 63.9 Å². The lowest BCUT2D eigenvalue weighted by molar-refractivity contribution is -0.137. The van der Waals surface area contributed by atoms with Crippen LogP contribution < -0.4 is 10.2 Å². The molecule has 178 valence electrons.